The molecule has 0 aliphatic rings. The molecule has 0 aliphatic heterocycles. The summed E-state index contributed by atoms with van der Waals surface area (Å²) in [5, 5.41) is 17.8. The van der Waals surface area contributed by atoms with Crippen LogP contribution >= 0.6 is 0 Å². The standard InChI is InChI=1S/C16H16O4/c1-11(15(17)18)8-9-14(10-12(2)16(19)20)13-6-4-3-5-7-13/h3-10H,1-2H3,(H,17,18)(H,19,20)/b11-8+,12-10+,14-9-. The van der Waals surface area contributed by atoms with Gasteiger partial charge >= 0.3 is 11.9 Å². The molecule has 0 heterocycles. The number of rotatable bonds is 5. The lowest BCUT2D eigenvalue weighted by molar-refractivity contribution is -0.133. The van der Waals surface area contributed by atoms with Gasteiger partial charge < -0.3 is 10.2 Å². The van der Waals surface area contributed by atoms with Crippen LogP contribution in [0.25, 0.3) is 5.57 Å². The van der Waals surface area contributed by atoms with Gasteiger partial charge in [0.2, 0.25) is 0 Å². The first-order chi connectivity index (χ1) is 9.41. The van der Waals surface area contributed by atoms with E-state index in [0.717, 1.165) is 5.56 Å². The van der Waals surface area contributed by atoms with Crippen LogP contribution in [0.2, 0.25) is 0 Å². The van der Waals surface area contributed by atoms with E-state index < -0.39 is 11.9 Å². The largest absolute Gasteiger partial charge is 0.478 e. The smallest absolute Gasteiger partial charge is 0.331 e. The van der Waals surface area contributed by atoms with Gasteiger partial charge in [-0.25, -0.2) is 9.59 Å². The molecular formula is C16H16O4. The quantitative estimate of drug-likeness (QED) is 0.638. The summed E-state index contributed by atoms with van der Waals surface area (Å²) in [6.07, 6.45) is 4.57. The van der Waals surface area contributed by atoms with E-state index >= 15 is 0 Å². The average molecular weight is 272 g/mol. The maximum Gasteiger partial charge on any atom is 0.331 e. The molecule has 104 valence electrons. The van der Waals surface area contributed by atoms with Gasteiger partial charge in [-0.05, 0) is 31.1 Å². The summed E-state index contributed by atoms with van der Waals surface area (Å²) in [5.41, 5.74) is 1.83. The summed E-state index contributed by atoms with van der Waals surface area (Å²) in [6, 6.07) is 9.19. The average Bonchev–Trinajstić information content (AvgIpc) is 2.43. The van der Waals surface area contributed by atoms with Gasteiger partial charge in [0.25, 0.3) is 0 Å². The highest BCUT2D eigenvalue weighted by Gasteiger charge is 2.04. The zero-order valence-corrected chi connectivity index (χ0v) is 11.3. The summed E-state index contributed by atoms with van der Waals surface area (Å²) in [4.78, 5) is 21.7. The third kappa shape index (κ3) is 4.57. The number of benzene rings is 1. The number of carboxylic acid groups (broad SMARTS) is 2. The van der Waals surface area contributed by atoms with Crippen molar-refractivity contribution in [2.45, 2.75) is 13.8 Å². The second kappa shape index (κ2) is 7.09. The Balaban J connectivity index is 3.26. The van der Waals surface area contributed by atoms with Crippen molar-refractivity contribution in [1.82, 2.24) is 0 Å². The highest BCUT2D eigenvalue weighted by atomic mass is 16.4. The molecule has 0 aliphatic carbocycles. The van der Waals surface area contributed by atoms with Gasteiger partial charge in [0.1, 0.15) is 0 Å². The molecule has 1 aromatic rings. The summed E-state index contributed by atoms with van der Waals surface area (Å²) in [7, 11) is 0. The first kappa shape index (κ1) is 15.4. The second-order valence-electron chi connectivity index (χ2n) is 4.28. The molecule has 0 saturated heterocycles. The molecule has 4 nitrogen and oxygen atoms in total. The van der Waals surface area contributed by atoms with Crippen LogP contribution in [0.1, 0.15) is 19.4 Å². The van der Waals surface area contributed by atoms with E-state index in [0.29, 0.717) is 5.57 Å². The van der Waals surface area contributed by atoms with E-state index in [4.69, 9.17) is 10.2 Å². The van der Waals surface area contributed by atoms with E-state index in [1.807, 2.05) is 30.3 Å². The van der Waals surface area contributed by atoms with Crippen LogP contribution in [0.4, 0.5) is 0 Å². The lowest BCUT2D eigenvalue weighted by atomic mass is 10.0. The van der Waals surface area contributed by atoms with Gasteiger partial charge in [-0.1, -0.05) is 42.5 Å². The van der Waals surface area contributed by atoms with Crippen molar-refractivity contribution < 1.29 is 19.8 Å². The van der Waals surface area contributed by atoms with Gasteiger partial charge in [0.05, 0.1) is 0 Å². The molecule has 0 fully saturated rings. The van der Waals surface area contributed by atoms with Gasteiger partial charge in [0, 0.05) is 11.1 Å². The van der Waals surface area contributed by atoms with Crippen molar-refractivity contribution in [3.8, 4) is 0 Å². The Morgan fingerprint density at radius 3 is 1.95 bits per heavy atom. The van der Waals surface area contributed by atoms with Crippen molar-refractivity contribution in [3.05, 3.63) is 65.3 Å². The first-order valence-electron chi connectivity index (χ1n) is 6.00. The topological polar surface area (TPSA) is 74.6 Å². The van der Waals surface area contributed by atoms with E-state index in [1.54, 1.807) is 6.08 Å². The predicted octanol–water partition coefficient (Wildman–Crippen LogP) is 3.13. The van der Waals surface area contributed by atoms with Crippen LogP contribution in [0.3, 0.4) is 0 Å². The van der Waals surface area contributed by atoms with Gasteiger partial charge in [0.15, 0.2) is 0 Å². The molecular weight excluding hydrogens is 256 g/mol. The fraction of sp³-hybridized carbons (Fsp3) is 0.125. The SMILES string of the molecule is C\C(=C/C=C(/C=C(\C)C(=O)O)c1ccccc1)C(=O)O. The maximum absolute atomic E-state index is 10.9. The molecule has 0 spiro atoms. The van der Waals surface area contributed by atoms with E-state index in [9.17, 15) is 9.59 Å². The highest BCUT2D eigenvalue weighted by Crippen LogP contribution is 2.18. The molecule has 2 N–H and O–H groups in total. The monoisotopic (exact) mass is 272 g/mol. The van der Waals surface area contributed by atoms with Gasteiger partial charge in [-0.2, -0.15) is 0 Å². The number of carbonyl (C=O) groups is 2. The summed E-state index contributed by atoms with van der Waals surface area (Å²) >= 11 is 0. The number of hydrogen-bond donors (Lipinski definition) is 2. The molecule has 1 aromatic carbocycles. The van der Waals surface area contributed by atoms with E-state index in [2.05, 4.69) is 0 Å². The predicted molar refractivity (Wildman–Crippen MR) is 77.2 cm³/mol. The second-order valence-corrected chi connectivity index (χ2v) is 4.28. The molecule has 20 heavy (non-hydrogen) atoms. The van der Waals surface area contributed by atoms with Crippen LogP contribution < -0.4 is 0 Å². The minimum Gasteiger partial charge on any atom is -0.478 e. The Hall–Kier alpha value is -2.62. The van der Waals surface area contributed by atoms with E-state index in [-0.39, 0.29) is 11.1 Å². The molecule has 0 amide bonds. The Kier molecular flexibility index (Phi) is 5.47. The van der Waals surface area contributed by atoms with E-state index in [1.165, 1.54) is 26.0 Å². The zero-order valence-electron chi connectivity index (χ0n) is 11.3. The summed E-state index contributed by atoms with van der Waals surface area (Å²) in [5.74, 6) is -2.02. The third-order valence-electron chi connectivity index (χ3n) is 2.67. The van der Waals surface area contributed by atoms with Crippen molar-refractivity contribution in [2.24, 2.45) is 0 Å². The molecule has 0 saturated carbocycles. The number of aliphatic carboxylic acids is 2. The fourth-order valence-electron chi connectivity index (χ4n) is 1.44. The normalized spacial score (nSPS) is 13.2. The lowest BCUT2D eigenvalue weighted by Gasteiger charge is -2.03. The van der Waals surface area contributed by atoms with Crippen LogP contribution in [-0.2, 0) is 9.59 Å². The molecule has 4 heteroatoms. The highest BCUT2D eigenvalue weighted by molar-refractivity contribution is 5.91. The van der Waals surface area contributed by atoms with Gasteiger partial charge in [-0.15, -0.1) is 0 Å². The van der Waals surface area contributed by atoms with Crippen molar-refractivity contribution in [2.75, 3.05) is 0 Å². The van der Waals surface area contributed by atoms with Crippen LogP contribution in [-0.4, -0.2) is 22.2 Å². The molecule has 1 rings (SSSR count). The zero-order chi connectivity index (χ0) is 15.1. The maximum atomic E-state index is 10.9. The van der Waals surface area contributed by atoms with Crippen LogP contribution in [0.15, 0.2) is 59.7 Å². The minimum atomic E-state index is -1.01. The van der Waals surface area contributed by atoms with Gasteiger partial charge in [-0.3, -0.25) is 0 Å². The molecule has 0 bridgehead atoms. The van der Waals surface area contributed by atoms with Crippen molar-refractivity contribution in [1.29, 1.82) is 0 Å². The third-order valence-corrected chi connectivity index (χ3v) is 2.67. The summed E-state index contributed by atoms with van der Waals surface area (Å²) in [6.45, 7) is 2.97. The fourth-order valence-corrected chi connectivity index (χ4v) is 1.44. The number of hydrogen-bond acceptors (Lipinski definition) is 2. The Labute approximate surface area is 117 Å². The van der Waals surface area contributed by atoms with Crippen LogP contribution in [0, 0.1) is 0 Å². The van der Waals surface area contributed by atoms with Crippen molar-refractivity contribution >= 4 is 17.5 Å². The van der Waals surface area contributed by atoms with Crippen molar-refractivity contribution in [3.63, 3.8) is 0 Å². The number of carboxylic acids is 2. The summed E-state index contributed by atoms with van der Waals surface area (Å²) < 4.78 is 0. The molecule has 0 aromatic heterocycles. The Morgan fingerprint density at radius 1 is 0.900 bits per heavy atom. The molecule has 0 radical (unpaired) electrons. The number of allylic oxidation sites excluding steroid dienone is 4. The Morgan fingerprint density at radius 2 is 1.45 bits per heavy atom. The molecule has 0 atom stereocenters. The Bertz CT molecular complexity index is 592. The lowest BCUT2D eigenvalue weighted by Crippen LogP contribution is -1.97. The molecule has 0 unspecified atom stereocenters. The first-order valence-corrected chi connectivity index (χ1v) is 6.00. The minimum absolute atomic E-state index is 0.180. The van der Waals surface area contributed by atoms with Crippen LogP contribution in [0.5, 0.6) is 0 Å².